The van der Waals surface area contributed by atoms with Gasteiger partial charge in [-0.1, -0.05) is 60.1 Å². The number of hydrogen-bond acceptors (Lipinski definition) is 6. The van der Waals surface area contributed by atoms with Gasteiger partial charge >= 0.3 is 0 Å². The first-order chi connectivity index (χ1) is 19.0. The molecule has 9 heteroatoms. The SMILES string of the molecule is O=C(N/N=C\c1cc(Cl)ccc1OCc1ccc([N+](=O)[O-])cc1)c1cc(-c2ccccc2)nc2ccccc12. The van der Waals surface area contributed by atoms with Crippen molar-refractivity contribution in [2.45, 2.75) is 6.61 Å². The molecule has 39 heavy (non-hydrogen) atoms. The molecule has 1 aromatic heterocycles. The van der Waals surface area contributed by atoms with Gasteiger partial charge in [0.2, 0.25) is 0 Å². The lowest BCUT2D eigenvalue weighted by atomic mass is 10.0. The first-order valence-electron chi connectivity index (χ1n) is 11.9. The zero-order valence-electron chi connectivity index (χ0n) is 20.5. The Hall–Kier alpha value is -5.08. The number of benzene rings is 4. The molecule has 0 bridgehead atoms. The van der Waals surface area contributed by atoms with E-state index in [-0.39, 0.29) is 12.3 Å². The maximum atomic E-state index is 13.2. The van der Waals surface area contributed by atoms with Crippen LogP contribution in [0.1, 0.15) is 21.5 Å². The number of non-ortho nitro benzene ring substituents is 1. The minimum Gasteiger partial charge on any atom is -0.488 e. The van der Waals surface area contributed by atoms with E-state index >= 15 is 0 Å². The van der Waals surface area contributed by atoms with Gasteiger partial charge in [-0.15, -0.1) is 0 Å². The van der Waals surface area contributed by atoms with Crippen molar-refractivity contribution in [3.8, 4) is 17.0 Å². The van der Waals surface area contributed by atoms with Crippen LogP contribution >= 0.6 is 11.6 Å². The van der Waals surface area contributed by atoms with Gasteiger partial charge in [-0.3, -0.25) is 14.9 Å². The van der Waals surface area contributed by atoms with Crippen LogP contribution in [-0.4, -0.2) is 22.0 Å². The van der Waals surface area contributed by atoms with E-state index in [2.05, 4.69) is 10.5 Å². The molecule has 0 saturated carbocycles. The van der Waals surface area contributed by atoms with E-state index < -0.39 is 10.8 Å². The van der Waals surface area contributed by atoms with Gasteiger partial charge in [0.05, 0.1) is 27.9 Å². The van der Waals surface area contributed by atoms with Crippen LogP contribution in [-0.2, 0) is 6.61 Å². The highest BCUT2D eigenvalue weighted by atomic mass is 35.5. The van der Waals surface area contributed by atoms with Gasteiger partial charge in [0.15, 0.2) is 0 Å². The second-order valence-corrected chi connectivity index (χ2v) is 8.97. The normalized spacial score (nSPS) is 11.0. The van der Waals surface area contributed by atoms with Gasteiger partial charge < -0.3 is 4.74 Å². The van der Waals surface area contributed by atoms with E-state index in [0.717, 1.165) is 11.1 Å². The molecule has 4 aromatic carbocycles. The van der Waals surface area contributed by atoms with E-state index in [1.165, 1.54) is 18.3 Å². The molecule has 1 heterocycles. The summed E-state index contributed by atoms with van der Waals surface area (Å²) in [7, 11) is 0. The number of carbonyl (C=O) groups excluding carboxylic acids is 1. The number of amides is 1. The van der Waals surface area contributed by atoms with Crippen LogP contribution < -0.4 is 10.2 Å². The zero-order chi connectivity index (χ0) is 27.2. The molecule has 1 N–H and O–H groups in total. The molecule has 0 spiro atoms. The summed E-state index contributed by atoms with van der Waals surface area (Å²) in [5.74, 6) is 0.0916. The number of nitrogens with one attached hydrogen (secondary N) is 1. The maximum absolute atomic E-state index is 13.2. The number of nitrogens with zero attached hydrogens (tertiary/aromatic N) is 3. The molecular formula is C30H21ClN4O4. The number of pyridine rings is 1. The van der Waals surface area contributed by atoms with Crippen molar-refractivity contribution in [1.29, 1.82) is 0 Å². The average Bonchev–Trinajstić information content (AvgIpc) is 2.96. The van der Waals surface area contributed by atoms with Crippen LogP contribution in [0.5, 0.6) is 5.75 Å². The molecule has 0 aliphatic rings. The zero-order valence-corrected chi connectivity index (χ0v) is 21.2. The highest BCUT2D eigenvalue weighted by molar-refractivity contribution is 6.31. The average molecular weight is 537 g/mol. The topological polar surface area (TPSA) is 107 Å². The molecule has 0 aliphatic carbocycles. The largest absolute Gasteiger partial charge is 0.488 e. The Morgan fingerprint density at radius 2 is 1.72 bits per heavy atom. The Kier molecular flexibility index (Phi) is 7.56. The van der Waals surface area contributed by atoms with Crippen molar-refractivity contribution in [2.24, 2.45) is 5.10 Å². The van der Waals surface area contributed by atoms with Crippen molar-refractivity contribution in [1.82, 2.24) is 10.4 Å². The van der Waals surface area contributed by atoms with Crippen LogP contribution in [0.15, 0.2) is 108 Å². The Morgan fingerprint density at radius 3 is 2.49 bits per heavy atom. The van der Waals surface area contributed by atoms with Crippen molar-refractivity contribution in [3.05, 3.63) is 135 Å². The third-order valence-corrected chi connectivity index (χ3v) is 6.15. The Balaban J connectivity index is 1.35. The lowest BCUT2D eigenvalue weighted by Gasteiger charge is -2.10. The number of para-hydroxylation sites is 1. The number of ether oxygens (including phenoxy) is 1. The van der Waals surface area contributed by atoms with E-state index in [1.54, 1.807) is 36.4 Å². The summed E-state index contributed by atoms with van der Waals surface area (Å²) < 4.78 is 5.90. The lowest BCUT2D eigenvalue weighted by Crippen LogP contribution is -2.18. The molecule has 8 nitrogen and oxygen atoms in total. The van der Waals surface area contributed by atoms with Gasteiger partial charge in [-0.2, -0.15) is 5.10 Å². The van der Waals surface area contributed by atoms with Gasteiger partial charge in [-0.25, -0.2) is 10.4 Å². The fourth-order valence-electron chi connectivity index (χ4n) is 3.97. The predicted octanol–water partition coefficient (Wildman–Crippen LogP) is 6.81. The van der Waals surface area contributed by atoms with Crippen molar-refractivity contribution < 1.29 is 14.5 Å². The van der Waals surface area contributed by atoms with Crippen LogP contribution in [0.4, 0.5) is 5.69 Å². The number of rotatable bonds is 8. The molecular weight excluding hydrogens is 516 g/mol. The van der Waals surface area contributed by atoms with E-state index in [4.69, 9.17) is 21.3 Å². The minimum atomic E-state index is -0.454. The van der Waals surface area contributed by atoms with Crippen LogP contribution in [0.3, 0.4) is 0 Å². The van der Waals surface area contributed by atoms with Gasteiger partial charge in [0.1, 0.15) is 12.4 Å². The summed E-state index contributed by atoms with van der Waals surface area (Å²) in [6.07, 6.45) is 1.45. The fraction of sp³-hybridized carbons (Fsp3) is 0.0333. The summed E-state index contributed by atoms with van der Waals surface area (Å²) in [5.41, 5.74) is 6.63. The maximum Gasteiger partial charge on any atom is 0.272 e. The van der Waals surface area contributed by atoms with Gasteiger partial charge in [-0.05, 0) is 48.0 Å². The molecule has 0 unspecified atom stereocenters. The van der Waals surface area contributed by atoms with Gasteiger partial charge in [0.25, 0.3) is 11.6 Å². The Bertz CT molecular complexity index is 1690. The Morgan fingerprint density at radius 1 is 0.974 bits per heavy atom. The highest BCUT2D eigenvalue weighted by Gasteiger charge is 2.14. The van der Waals surface area contributed by atoms with E-state index in [0.29, 0.717) is 38.5 Å². The highest BCUT2D eigenvalue weighted by Crippen LogP contribution is 2.25. The smallest absolute Gasteiger partial charge is 0.272 e. The molecule has 0 aliphatic heterocycles. The number of nitro benzene ring substituents is 1. The Labute approximate surface area is 228 Å². The summed E-state index contributed by atoms with van der Waals surface area (Å²) in [4.78, 5) is 28.3. The molecule has 0 radical (unpaired) electrons. The summed E-state index contributed by atoms with van der Waals surface area (Å²) in [5, 5.41) is 16.2. The molecule has 0 saturated heterocycles. The summed E-state index contributed by atoms with van der Waals surface area (Å²) >= 11 is 6.18. The third-order valence-electron chi connectivity index (χ3n) is 5.91. The second-order valence-electron chi connectivity index (χ2n) is 8.53. The first-order valence-corrected chi connectivity index (χ1v) is 12.3. The monoisotopic (exact) mass is 536 g/mol. The summed E-state index contributed by atoms with van der Waals surface area (Å²) in [6, 6.07) is 30.0. The predicted molar refractivity (Wildman–Crippen MR) is 151 cm³/mol. The lowest BCUT2D eigenvalue weighted by molar-refractivity contribution is -0.384. The fourth-order valence-corrected chi connectivity index (χ4v) is 4.15. The molecule has 1 amide bonds. The number of aromatic nitrogens is 1. The van der Waals surface area contributed by atoms with Crippen LogP contribution in [0.2, 0.25) is 5.02 Å². The van der Waals surface area contributed by atoms with Crippen molar-refractivity contribution in [3.63, 3.8) is 0 Å². The third kappa shape index (κ3) is 6.08. The van der Waals surface area contributed by atoms with Crippen LogP contribution in [0.25, 0.3) is 22.2 Å². The molecule has 5 aromatic rings. The van der Waals surface area contributed by atoms with Crippen molar-refractivity contribution >= 4 is 40.3 Å². The molecule has 5 rings (SSSR count). The number of fused-ring (bicyclic) bond motifs is 1. The quantitative estimate of drug-likeness (QED) is 0.133. The molecule has 0 fully saturated rings. The number of hydrogen-bond donors (Lipinski definition) is 1. The van der Waals surface area contributed by atoms with Gasteiger partial charge in [0, 0.05) is 33.7 Å². The minimum absolute atomic E-state index is 0.00618. The van der Waals surface area contributed by atoms with Crippen molar-refractivity contribution in [2.75, 3.05) is 0 Å². The number of nitro groups is 1. The second kappa shape index (κ2) is 11.5. The number of hydrazone groups is 1. The molecule has 0 atom stereocenters. The number of carbonyl (C=O) groups is 1. The summed E-state index contributed by atoms with van der Waals surface area (Å²) in [6.45, 7) is 0.179. The van der Waals surface area contributed by atoms with Crippen LogP contribution in [0, 0.1) is 10.1 Å². The first kappa shape index (κ1) is 25.6. The standard InChI is InChI=1S/C30H21ClN4O4/c31-23-12-15-29(39-19-20-10-13-24(14-11-20)35(37)38)22(16-23)18-32-34-30(36)26-17-28(21-6-2-1-3-7-21)33-27-9-5-4-8-25(26)27/h1-18H,19H2,(H,34,36)/b32-18-. The number of halogens is 1. The molecule has 192 valence electrons. The van der Waals surface area contributed by atoms with E-state index in [9.17, 15) is 14.9 Å². The van der Waals surface area contributed by atoms with E-state index in [1.807, 2.05) is 54.6 Å².